The van der Waals surface area contributed by atoms with Crippen LogP contribution < -0.4 is 4.74 Å². The first-order valence-electron chi connectivity index (χ1n) is 6.10. The molecule has 0 unspecified atom stereocenters. The molecule has 0 saturated heterocycles. The first kappa shape index (κ1) is 13.8. The first-order valence-corrected chi connectivity index (χ1v) is 6.10. The van der Waals surface area contributed by atoms with Gasteiger partial charge in [0.1, 0.15) is 12.1 Å². The van der Waals surface area contributed by atoms with Crippen molar-refractivity contribution < 1.29 is 9.53 Å². The zero-order valence-electron chi connectivity index (χ0n) is 11.6. The summed E-state index contributed by atoms with van der Waals surface area (Å²) in [5.41, 5.74) is 0.717. The highest BCUT2D eigenvalue weighted by atomic mass is 16.5. The molecule has 20 heavy (non-hydrogen) atoms. The Morgan fingerprint density at radius 3 is 2.70 bits per heavy atom. The Labute approximate surface area is 117 Å². The van der Waals surface area contributed by atoms with Gasteiger partial charge in [0.05, 0.1) is 5.56 Å². The van der Waals surface area contributed by atoms with E-state index in [9.17, 15) is 4.79 Å². The van der Waals surface area contributed by atoms with Crippen LogP contribution in [0.15, 0.2) is 48.1 Å². The third-order valence-electron chi connectivity index (χ3n) is 2.43. The number of para-hydroxylation sites is 1. The van der Waals surface area contributed by atoms with Gasteiger partial charge in [-0.05, 0) is 12.1 Å². The molecular weight excluding hydrogens is 256 g/mol. The minimum Gasteiger partial charge on any atom is -0.426 e. The lowest BCUT2D eigenvalue weighted by molar-refractivity contribution is -0.131. The number of ether oxygens (including phenoxy) is 1. The van der Waals surface area contributed by atoms with Gasteiger partial charge in [0.2, 0.25) is 0 Å². The van der Waals surface area contributed by atoms with Crippen LogP contribution in [0.1, 0.15) is 12.5 Å². The van der Waals surface area contributed by atoms with Crippen molar-refractivity contribution in [1.29, 1.82) is 0 Å². The fourth-order valence-corrected chi connectivity index (χ4v) is 1.71. The lowest BCUT2D eigenvalue weighted by atomic mass is 10.2. The average molecular weight is 272 g/mol. The number of hydrogen-bond donors (Lipinski definition) is 0. The van der Waals surface area contributed by atoms with E-state index in [0.717, 1.165) is 5.56 Å². The molecule has 0 N–H and O–H groups in total. The van der Waals surface area contributed by atoms with E-state index < -0.39 is 0 Å². The van der Waals surface area contributed by atoms with Gasteiger partial charge in [0.25, 0.3) is 0 Å². The number of nitrogens with zero attached hydrogens (tertiary/aromatic N) is 4. The molecule has 6 heteroatoms. The molecule has 2 rings (SSSR count). The number of imidazole rings is 1. The van der Waals surface area contributed by atoms with Crippen LogP contribution in [0.3, 0.4) is 0 Å². The van der Waals surface area contributed by atoms with Gasteiger partial charge in [-0.1, -0.05) is 12.1 Å². The summed E-state index contributed by atoms with van der Waals surface area (Å²) < 4.78 is 7.00. The molecule has 0 atom stereocenters. The highest BCUT2D eigenvalue weighted by molar-refractivity contribution is 6.02. The number of benzene rings is 1. The second-order valence-corrected chi connectivity index (χ2v) is 4.33. The lowest BCUT2D eigenvalue weighted by Gasteiger charge is -2.14. The summed E-state index contributed by atoms with van der Waals surface area (Å²) in [6.45, 7) is 1.37. The van der Waals surface area contributed by atoms with Crippen LogP contribution in [0.5, 0.6) is 5.75 Å². The minimum atomic E-state index is -0.368. The van der Waals surface area contributed by atoms with Gasteiger partial charge in [-0.25, -0.2) is 4.98 Å². The number of hydrazone groups is 1. The molecule has 0 amide bonds. The Kier molecular flexibility index (Phi) is 4.14. The van der Waals surface area contributed by atoms with Crippen molar-refractivity contribution in [3.8, 4) is 5.75 Å². The molecule has 2 aromatic rings. The zero-order chi connectivity index (χ0) is 14.5. The quantitative estimate of drug-likeness (QED) is 0.280. The van der Waals surface area contributed by atoms with E-state index in [1.807, 2.05) is 32.3 Å². The monoisotopic (exact) mass is 272 g/mol. The second kappa shape index (κ2) is 6.01. The third-order valence-corrected chi connectivity index (χ3v) is 2.43. The molecule has 1 aromatic heterocycles. The Morgan fingerprint density at radius 2 is 2.10 bits per heavy atom. The van der Waals surface area contributed by atoms with Gasteiger partial charge in [-0.15, -0.1) is 0 Å². The molecule has 104 valence electrons. The predicted molar refractivity (Wildman–Crippen MR) is 75.6 cm³/mol. The largest absolute Gasteiger partial charge is 0.426 e. The van der Waals surface area contributed by atoms with Gasteiger partial charge in [-0.3, -0.25) is 9.36 Å². The normalized spacial score (nSPS) is 11.2. The van der Waals surface area contributed by atoms with Gasteiger partial charge in [0.15, 0.2) is 5.84 Å². The van der Waals surface area contributed by atoms with Gasteiger partial charge >= 0.3 is 5.97 Å². The van der Waals surface area contributed by atoms with E-state index in [1.54, 1.807) is 34.4 Å². The van der Waals surface area contributed by atoms with E-state index in [2.05, 4.69) is 10.1 Å². The molecule has 0 aliphatic rings. The molecule has 6 nitrogen and oxygen atoms in total. The summed E-state index contributed by atoms with van der Waals surface area (Å²) in [6, 6.07) is 7.26. The Morgan fingerprint density at radius 1 is 1.35 bits per heavy atom. The topological polar surface area (TPSA) is 59.7 Å². The highest BCUT2D eigenvalue weighted by Gasteiger charge is 2.14. The van der Waals surface area contributed by atoms with Crippen LogP contribution >= 0.6 is 0 Å². The highest BCUT2D eigenvalue weighted by Crippen LogP contribution is 2.20. The summed E-state index contributed by atoms with van der Waals surface area (Å²) in [4.78, 5) is 15.2. The second-order valence-electron chi connectivity index (χ2n) is 4.33. The number of esters is 1. The standard InChI is InChI=1S/C14H16N4O2/c1-11(19)20-13-7-5-4-6-12(13)14(16-17(2)3)18-9-8-15-10-18/h4-10H,1-3H3. The van der Waals surface area contributed by atoms with Crippen LogP contribution in [0, 0.1) is 0 Å². The summed E-state index contributed by atoms with van der Waals surface area (Å²) in [5.74, 6) is 0.728. The lowest BCUT2D eigenvalue weighted by Crippen LogP contribution is -2.18. The summed E-state index contributed by atoms with van der Waals surface area (Å²) in [7, 11) is 3.65. The van der Waals surface area contributed by atoms with Crippen molar-refractivity contribution in [2.24, 2.45) is 5.10 Å². The van der Waals surface area contributed by atoms with Crippen molar-refractivity contribution in [2.75, 3.05) is 14.1 Å². The zero-order valence-corrected chi connectivity index (χ0v) is 11.6. The molecule has 0 fully saturated rings. The number of rotatable bonds is 3. The third kappa shape index (κ3) is 3.23. The van der Waals surface area contributed by atoms with Crippen molar-refractivity contribution in [1.82, 2.24) is 14.6 Å². The van der Waals surface area contributed by atoms with Crippen molar-refractivity contribution in [3.05, 3.63) is 48.5 Å². The van der Waals surface area contributed by atoms with Gasteiger partial charge in [-0.2, -0.15) is 5.10 Å². The van der Waals surface area contributed by atoms with E-state index in [4.69, 9.17) is 4.74 Å². The van der Waals surface area contributed by atoms with E-state index >= 15 is 0 Å². The van der Waals surface area contributed by atoms with Crippen molar-refractivity contribution >= 4 is 11.8 Å². The maximum absolute atomic E-state index is 11.2. The van der Waals surface area contributed by atoms with Gasteiger partial charge in [0, 0.05) is 33.4 Å². The van der Waals surface area contributed by atoms with E-state index in [1.165, 1.54) is 6.92 Å². The van der Waals surface area contributed by atoms with E-state index in [0.29, 0.717) is 11.6 Å². The number of aromatic nitrogens is 2. The Hall–Kier alpha value is -2.63. The number of carbonyl (C=O) groups is 1. The molecule has 0 saturated carbocycles. The molecule has 1 heterocycles. The van der Waals surface area contributed by atoms with Crippen LogP contribution in [0.25, 0.3) is 0 Å². The molecular formula is C14H16N4O2. The first-order chi connectivity index (χ1) is 9.58. The number of hydrogen-bond acceptors (Lipinski definition) is 5. The van der Waals surface area contributed by atoms with Crippen LogP contribution in [0.2, 0.25) is 0 Å². The Balaban J connectivity index is 2.52. The van der Waals surface area contributed by atoms with Crippen molar-refractivity contribution in [2.45, 2.75) is 6.92 Å². The Bertz CT molecular complexity index is 618. The predicted octanol–water partition coefficient (Wildman–Crippen LogP) is 1.58. The average Bonchev–Trinajstić information content (AvgIpc) is 2.89. The fraction of sp³-hybridized carbons (Fsp3) is 0.214. The molecule has 0 aliphatic heterocycles. The number of carbonyl (C=O) groups excluding carboxylic acids is 1. The fourth-order valence-electron chi connectivity index (χ4n) is 1.71. The van der Waals surface area contributed by atoms with Crippen LogP contribution in [-0.2, 0) is 4.79 Å². The smallest absolute Gasteiger partial charge is 0.308 e. The summed E-state index contributed by atoms with van der Waals surface area (Å²) in [5, 5.41) is 6.12. The molecule has 1 aromatic carbocycles. The van der Waals surface area contributed by atoms with E-state index in [-0.39, 0.29) is 5.97 Å². The maximum atomic E-state index is 11.2. The van der Waals surface area contributed by atoms with Crippen molar-refractivity contribution in [3.63, 3.8) is 0 Å². The van der Waals surface area contributed by atoms with Gasteiger partial charge < -0.3 is 9.75 Å². The minimum absolute atomic E-state index is 0.368. The summed E-state index contributed by atoms with van der Waals surface area (Å²) in [6.07, 6.45) is 5.10. The molecule has 0 aliphatic carbocycles. The van der Waals surface area contributed by atoms with Crippen LogP contribution in [0.4, 0.5) is 0 Å². The summed E-state index contributed by atoms with van der Waals surface area (Å²) >= 11 is 0. The SMILES string of the molecule is CC(=O)Oc1ccccc1C(=NN(C)C)n1ccnc1. The molecule has 0 radical (unpaired) electrons. The molecule has 0 bridgehead atoms. The van der Waals surface area contributed by atoms with Crippen LogP contribution in [-0.4, -0.2) is 40.5 Å². The molecule has 0 spiro atoms. The maximum Gasteiger partial charge on any atom is 0.308 e.